The van der Waals surface area contributed by atoms with Crippen LogP contribution in [-0.2, 0) is 16.1 Å². The molecule has 0 spiro atoms. The number of furan rings is 1. The molecule has 32 heavy (non-hydrogen) atoms. The minimum atomic E-state index is -0.621. The zero-order valence-electron chi connectivity index (χ0n) is 18.1. The summed E-state index contributed by atoms with van der Waals surface area (Å²) in [7, 11) is 0. The zero-order valence-corrected chi connectivity index (χ0v) is 18.9. The summed E-state index contributed by atoms with van der Waals surface area (Å²) in [6, 6.07) is 10.3. The second-order valence-corrected chi connectivity index (χ2v) is 8.55. The van der Waals surface area contributed by atoms with Crippen LogP contribution in [0.1, 0.15) is 50.0 Å². The van der Waals surface area contributed by atoms with Crippen molar-refractivity contribution in [3.8, 4) is 0 Å². The molecule has 1 saturated carbocycles. The first-order chi connectivity index (χ1) is 15.5. The Balaban J connectivity index is 1.71. The number of halogens is 1. The van der Waals surface area contributed by atoms with Gasteiger partial charge in [-0.05, 0) is 49.6 Å². The number of rotatable bonds is 8. The van der Waals surface area contributed by atoms with Crippen LogP contribution in [0.5, 0.6) is 0 Å². The Hall–Kier alpha value is -2.77. The lowest BCUT2D eigenvalue weighted by atomic mass is 9.94. The summed E-state index contributed by atoms with van der Waals surface area (Å²) in [4.78, 5) is 27.9. The molecule has 4 rings (SSSR count). The molecule has 170 valence electrons. The minimum absolute atomic E-state index is 0.246. The monoisotopic (exact) mass is 457 g/mol. The van der Waals surface area contributed by atoms with Gasteiger partial charge < -0.3 is 19.8 Å². The van der Waals surface area contributed by atoms with E-state index in [0.717, 1.165) is 24.2 Å². The largest absolute Gasteiger partial charge is 0.468 e. The second-order valence-electron chi connectivity index (χ2n) is 8.12. The Labute approximate surface area is 192 Å². The summed E-state index contributed by atoms with van der Waals surface area (Å²) in [5, 5.41) is 6.34. The molecule has 0 saturated heterocycles. The van der Waals surface area contributed by atoms with Crippen molar-refractivity contribution >= 4 is 23.6 Å². The van der Waals surface area contributed by atoms with E-state index in [9.17, 15) is 9.59 Å². The van der Waals surface area contributed by atoms with E-state index >= 15 is 0 Å². The van der Waals surface area contributed by atoms with Crippen LogP contribution in [0.4, 0.5) is 4.79 Å². The van der Waals surface area contributed by atoms with E-state index in [1.54, 1.807) is 25.3 Å². The molecule has 1 atom stereocenters. The van der Waals surface area contributed by atoms with Crippen molar-refractivity contribution in [2.75, 3.05) is 13.2 Å². The van der Waals surface area contributed by atoms with Crippen LogP contribution in [0.3, 0.4) is 0 Å². The van der Waals surface area contributed by atoms with Crippen LogP contribution in [0, 0.1) is 0 Å². The highest BCUT2D eigenvalue weighted by molar-refractivity contribution is 6.30. The fourth-order valence-electron chi connectivity index (χ4n) is 4.49. The Morgan fingerprint density at radius 1 is 1.19 bits per heavy atom. The third-order valence-electron chi connectivity index (χ3n) is 5.99. The quantitative estimate of drug-likeness (QED) is 0.568. The van der Waals surface area contributed by atoms with E-state index in [-0.39, 0.29) is 12.6 Å². The number of carbonyl (C=O) groups excluding carboxylic acids is 2. The second kappa shape index (κ2) is 10.2. The van der Waals surface area contributed by atoms with Crippen LogP contribution in [0.2, 0.25) is 5.02 Å². The van der Waals surface area contributed by atoms with Crippen LogP contribution in [-0.4, -0.2) is 36.1 Å². The molecule has 1 fully saturated rings. The maximum absolute atomic E-state index is 13.1. The summed E-state index contributed by atoms with van der Waals surface area (Å²) in [6.45, 7) is 3.03. The van der Waals surface area contributed by atoms with E-state index in [2.05, 4.69) is 15.5 Å². The van der Waals surface area contributed by atoms with Crippen molar-refractivity contribution in [2.45, 2.75) is 51.2 Å². The van der Waals surface area contributed by atoms with E-state index < -0.39 is 12.0 Å². The van der Waals surface area contributed by atoms with Crippen LogP contribution < -0.4 is 10.6 Å². The Morgan fingerprint density at radius 2 is 1.94 bits per heavy atom. The Morgan fingerprint density at radius 3 is 2.59 bits per heavy atom. The first kappa shape index (κ1) is 22.4. The fraction of sp³-hybridized carbons (Fsp3) is 0.417. The molecule has 1 aromatic carbocycles. The number of urea groups is 1. The summed E-state index contributed by atoms with van der Waals surface area (Å²) in [6.07, 6.45) is 6.16. The van der Waals surface area contributed by atoms with E-state index in [1.165, 1.54) is 12.8 Å². The predicted octanol–water partition coefficient (Wildman–Crippen LogP) is 4.55. The molecular weight excluding hydrogens is 430 g/mol. The molecule has 2 amide bonds. The van der Waals surface area contributed by atoms with Gasteiger partial charge in [0.25, 0.3) is 0 Å². The average Bonchev–Trinajstić information content (AvgIpc) is 3.48. The van der Waals surface area contributed by atoms with Gasteiger partial charge in [-0.15, -0.1) is 0 Å². The standard InChI is InChI=1S/C24H28ClN3O4/c1-2-31-23(29)21-20(26-24(30)27-22(21)16-9-11-17(25)12-10-16)15-28(18-6-3-4-7-18)14-19-8-5-13-32-19/h5,8-13,18,22H,2-4,6-7,14-15H2,1H3,(H2,26,27,30)/t22-/m0/s1. The van der Waals surface area contributed by atoms with Crippen molar-refractivity contribution in [3.63, 3.8) is 0 Å². The number of hydrogen-bond acceptors (Lipinski definition) is 5. The van der Waals surface area contributed by atoms with Crippen LogP contribution in [0.15, 0.2) is 58.3 Å². The van der Waals surface area contributed by atoms with Crippen molar-refractivity contribution < 1.29 is 18.7 Å². The average molecular weight is 458 g/mol. The van der Waals surface area contributed by atoms with Gasteiger partial charge in [0.1, 0.15) is 5.76 Å². The lowest BCUT2D eigenvalue weighted by molar-refractivity contribution is -0.139. The maximum atomic E-state index is 13.1. The summed E-state index contributed by atoms with van der Waals surface area (Å²) >= 11 is 6.05. The molecule has 1 aromatic heterocycles. The topological polar surface area (TPSA) is 83.8 Å². The molecule has 2 heterocycles. The van der Waals surface area contributed by atoms with Crippen LogP contribution >= 0.6 is 11.6 Å². The van der Waals surface area contributed by atoms with Gasteiger partial charge in [0.05, 0.1) is 31.0 Å². The minimum Gasteiger partial charge on any atom is -0.468 e. The van der Waals surface area contributed by atoms with Gasteiger partial charge in [0, 0.05) is 23.3 Å². The van der Waals surface area contributed by atoms with E-state index in [1.807, 2.05) is 24.3 Å². The third kappa shape index (κ3) is 5.16. The number of nitrogens with zero attached hydrogens (tertiary/aromatic N) is 1. The van der Waals surface area contributed by atoms with E-state index in [4.69, 9.17) is 20.8 Å². The van der Waals surface area contributed by atoms with Crippen molar-refractivity contribution in [1.29, 1.82) is 0 Å². The third-order valence-corrected chi connectivity index (χ3v) is 6.25. The number of benzene rings is 1. The van der Waals surface area contributed by atoms with Gasteiger partial charge in [-0.2, -0.15) is 0 Å². The number of nitrogens with one attached hydrogen (secondary N) is 2. The fourth-order valence-corrected chi connectivity index (χ4v) is 4.61. The molecule has 2 N–H and O–H groups in total. The van der Waals surface area contributed by atoms with Crippen molar-refractivity contribution in [1.82, 2.24) is 15.5 Å². The first-order valence-electron chi connectivity index (χ1n) is 11.0. The Bertz CT molecular complexity index is 966. The summed E-state index contributed by atoms with van der Waals surface area (Å²) in [5.74, 6) is 0.406. The number of amides is 2. The van der Waals surface area contributed by atoms with Gasteiger partial charge in [0.2, 0.25) is 0 Å². The van der Waals surface area contributed by atoms with Crippen molar-refractivity contribution in [2.24, 2.45) is 0 Å². The van der Waals surface area contributed by atoms with Gasteiger partial charge in [-0.3, -0.25) is 4.90 Å². The lowest BCUT2D eigenvalue weighted by Crippen LogP contribution is -2.49. The molecule has 0 radical (unpaired) electrons. The number of esters is 1. The highest BCUT2D eigenvalue weighted by atomic mass is 35.5. The smallest absolute Gasteiger partial charge is 0.338 e. The molecular formula is C24H28ClN3O4. The first-order valence-corrected chi connectivity index (χ1v) is 11.4. The SMILES string of the molecule is CCOC(=O)C1=C(CN(Cc2ccco2)C2CCCC2)NC(=O)N[C@H]1c1ccc(Cl)cc1. The highest BCUT2D eigenvalue weighted by Crippen LogP contribution is 2.31. The number of ether oxygens (including phenoxy) is 1. The molecule has 0 unspecified atom stereocenters. The van der Waals surface area contributed by atoms with Gasteiger partial charge >= 0.3 is 12.0 Å². The predicted molar refractivity (Wildman–Crippen MR) is 121 cm³/mol. The molecule has 2 aliphatic rings. The van der Waals surface area contributed by atoms with Gasteiger partial charge in [0.15, 0.2) is 0 Å². The molecule has 0 bridgehead atoms. The highest BCUT2D eigenvalue weighted by Gasteiger charge is 2.35. The summed E-state index contributed by atoms with van der Waals surface area (Å²) < 4.78 is 11.0. The van der Waals surface area contributed by atoms with E-state index in [0.29, 0.717) is 35.4 Å². The number of carbonyl (C=O) groups is 2. The molecule has 1 aliphatic carbocycles. The maximum Gasteiger partial charge on any atom is 0.338 e. The number of hydrogen-bond donors (Lipinski definition) is 2. The van der Waals surface area contributed by atoms with Crippen LogP contribution in [0.25, 0.3) is 0 Å². The Kier molecular flexibility index (Phi) is 7.17. The molecule has 1 aliphatic heterocycles. The van der Waals surface area contributed by atoms with Gasteiger partial charge in [-0.25, -0.2) is 9.59 Å². The van der Waals surface area contributed by atoms with Gasteiger partial charge in [-0.1, -0.05) is 36.6 Å². The van der Waals surface area contributed by atoms with Crippen molar-refractivity contribution in [3.05, 3.63) is 70.3 Å². The lowest BCUT2D eigenvalue weighted by Gasteiger charge is -2.34. The molecule has 7 nitrogen and oxygen atoms in total. The molecule has 2 aromatic rings. The molecule has 8 heteroatoms. The zero-order chi connectivity index (χ0) is 22.5. The summed E-state index contributed by atoms with van der Waals surface area (Å²) in [5.41, 5.74) is 1.74. The normalized spacial score (nSPS) is 19.2.